The zero-order chi connectivity index (χ0) is 12.7. The molecule has 1 aromatic heterocycles. The topological polar surface area (TPSA) is 25.4 Å². The summed E-state index contributed by atoms with van der Waals surface area (Å²) in [7, 11) is 0. The van der Waals surface area contributed by atoms with Gasteiger partial charge in [-0.25, -0.2) is 4.98 Å². The van der Waals surface area contributed by atoms with E-state index in [4.69, 9.17) is 16.3 Å². The molecule has 0 aromatic carbocycles. The molecule has 96 valence electrons. The largest absolute Gasteiger partial charge is 0.476 e. The molecule has 0 N–H and O–H groups in total. The fourth-order valence-corrected chi connectivity index (χ4v) is 1.83. The predicted octanol–water partition coefficient (Wildman–Crippen LogP) is 2.85. The minimum absolute atomic E-state index is 0.496. The molecule has 4 heteroatoms. The van der Waals surface area contributed by atoms with Gasteiger partial charge in [0.25, 0.3) is 0 Å². The highest BCUT2D eigenvalue weighted by atomic mass is 35.5. The van der Waals surface area contributed by atoms with Crippen molar-refractivity contribution >= 4 is 11.6 Å². The highest BCUT2D eigenvalue weighted by Crippen LogP contribution is 2.14. The number of pyridine rings is 1. The Morgan fingerprint density at radius 3 is 2.59 bits per heavy atom. The molecule has 0 bridgehead atoms. The van der Waals surface area contributed by atoms with Gasteiger partial charge >= 0.3 is 0 Å². The summed E-state index contributed by atoms with van der Waals surface area (Å²) in [6.45, 7) is 9.95. The number of halogens is 1. The maximum absolute atomic E-state index is 5.81. The molecule has 0 spiro atoms. The second kappa shape index (κ2) is 7.51. The van der Waals surface area contributed by atoms with Gasteiger partial charge in [0.05, 0.1) is 0 Å². The lowest BCUT2D eigenvalue weighted by Gasteiger charge is -2.17. The molecular formula is C13H21ClN2O. The molecule has 0 unspecified atom stereocenters. The van der Waals surface area contributed by atoms with Gasteiger partial charge in [-0.3, -0.25) is 0 Å². The van der Waals surface area contributed by atoms with Gasteiger partial charge in [0.15, 0.2) is 0 Å². The molecular weight excluding hydrogens is 236 g/mol. The minimum Gasteiger partial charge on any atom is -0.476 e. The van der Waals surface area contributed by atoms with E-state index in [-0.39, 0.29) is 0 Å². The van der Waals surface area contributed by atoms with Gasteiger partial charge in [-0.15, -0.1) is 11.6 Å². The Bertz CT molecular complexity index is 340. The average molecular weight is 257 g/mol. The lowest BCUT2D eigenvalue weighted by molar-refractivity contribution is 0.217. The van der Waals surface area contributed by atoms with Crippen LogP contribution in [-0.4, -0.2) is 36.1 Å². The number of hydrogen-bond donors (Lipinski definition) is 0. The standard InChI is InChI=1S/C13H21ClN2O/c1-4-16(5-2)6-7-17-13-9-12(10-14)8-11(3)15-13/h8-9H,4-7,10H2,1-3H3. The van der Waals surface area contributed by atoms with Crippen molar-refractivity contribution in [3.05, 3.63) is 23.4 Å². The van der Waals surface area contributed by atoms with Crippen LogP contribution < -0.4 is 4.74 Å². The monoisotopic (exact) mass is 256 g/mol. The lowest BCUT2D eigenvalue weighted by atomic mass is 10.2. The van der Waals surface area contributed by atoms with E-state index in [2.05, 4.69) is 23.7 Å². The number of nitrogens with zero attached hydrogens (tertiary/aromatic N) is 2. The summed E-state index contributed by atoms with van der Waals surface area (Å²) < 4.78 is 5.65. The highest BCUT2D eigenvalue weighted by Gasteiger charge is 2.02. The number of aryl methyl sites for hydroxylation is 1. The van der Waals surface area contributed by atoms with Gasteiger partial charge in [-0.2, -0.15) is 0 Å². The van der Waals surface area contributed by atoms with Crippen LogP contribution in [0.1, 0.15) is 25.1 Å². The molecule has 3 nitrogen and oxygen atoms in total. The smallest absolute Gasteiger partial charge is 0.213 e. The first-order valence-corrected chi connectivity index (χ1v) is 6.61. The summed E-state index contributed by atoms with van der Waals surface area (Å²) in [4.78, 5) is 6.65. The van der Waals surface area contributed by atoms with Crippen LogP contribution in [0.2, 0.25) is 0 Å². The number of hydrogen-bond acceptors (Lipinski definition) is 3. The number of ether oxygens (including phenoxy) is 1. The van der Waals surface area contributed by atoms with Crippen molar-refractivity contribution in [2.75, 3.05) is 26.2 Å². The third kappa shape index (κ3) is 4.92. The number of alkyl halides is 1. The van der Waals surface area contributed by atoms with Crippen molar-refractivity contribution in [3.63, 3.8) is 0 Å². The molecule has 17 heavy (non-hydrogen) atoms. The normalized spacial score (nSPS) is 10.9. The van der Waals surface area contributed by atoms with E-state index in [1.54, 1.807) is 0 Å². The Kier molecular flexibility index (Phi) is 6.30. The Labute approximate surface area is 109 Å². The zero-order valence-electron chi connectivity index (χ0n) is 10.9. The molecule has 0 fully saturated rings. The molecule has 0 atom stereocenters. The first-order valence-electron chi connectivity index (χ1n) is 6.08. The maximum atomic E-state index is 5.81. The van der Waals surface area contributed by atoms with Gasteiger partial charge in [-0.05, 0) is 31.6 Å². The quantitative estimate of drug-likeness (QED) is 0.702. The summed E-state index contributed by atoms with van der Waals surface area (Å²) >= 11 is 5.81. The van der Waals surface area contributed by atoms with Gasteiger partial charge in [0.1, 0.15) is 6.61 Å². The fraction of sp³-hybridized carbons (Fsp3) is 0.615. The number of aromatic nitrogens is 1. The van der Waals surface area contributed by atoms with E-state index in [9.17, 15) is 0 Å². The second-order valence-corrected chi connectivity index (χ2v) is 4.23. The molecule has 0 aliphatic carbocycles. The summed E-state index contributed by atoms with van der Waals surface area (Å²) in [6, 6.07) is 3.88. The van der Waals surface area contributed by atoms with Crippen molar-refractivity contribution in [2.45, 2.75) is 26.7 Å². The maximum Gasteiger partial charge on any atom is 0.213 e. The molecule has 0 aliphatic rings. The van der Waals surface area contributed by atoms with Crippen molar-refractivity contribution in [1.29, 1.82) is 0 Å². The van der Waals surface area contributed by atoms with Crippen LogP contribution in [0.5, 0.6) is 5.88 Å². The minimum atomic E-state index is 0.496. The van der Waals surface area contributed by atoms with Crippen LogP contribution in [0.3, 0.4) is 0 Å². The molecule has 1 heterocycles. The summed E-state index contributed by atoms with van der Waals surface area (Å²) in [6.07, 6.45) is 0. The number of rotatable bonds is 7. The third-order valence-corrected chi connectivity index (χ3v) is 3.00. The second-order valence-electron chi connectivity index (χ2n) is 3.96. The van der Waals surface area contributed by atoms with Gasteiger partial charge in [0.2, 0.25) is 5.88 Å². The van der Waals surface area contributed by atoms with Crippen molar-refractivity contribution in [3.8, 4) is 5.88 Å². The third-order valence-electron chi connectivity index (χ3n) is 2.70. The predicted molar refractivity (Wildman–Crippen MR) is 71.8 cm³/mol. The van der Waals surface area contributed by atoms with Crippen molar-refractivity contribution < 1.29 is 4.74 Å². The van der Waals surface area contributed by atoms with Crippen LogP contribution in [0.4, 0.5) is 0 Å². The van der Waals surface area contributed by atoms with E-state index in [0.717, 1.165) is 30.9 Å². The molecule has 0 saturated carbocycles. The molecule has 0 amide bonds. The summed E-state index contributed by atoms with van der Waals surface area (Å²) in [5, 5.41) is 0. The van der Waals surface area contributed by atoms with Crippen LogP contribution in [0.25, 0.3) is 0 Å². The molecule has 1 rings (SSSR count). The van der Waals surface area contributed by atoms with E-state index < -0.39 is 0 Å². The lowest BCUT2D eigenvalue weighted by Crippen LogP contribution is -2.28. The molecule has 1 aromatic rings. The van der Waals surface area contributed by atoms with E-state index >= 15 is 0 Å². The van der Waals surface area contributed by atoms with E-state index in [1.807, 2.05) is 19.1 Å². The van der Waals surface area contributed by atoms with Crippen LogP contribution in [0.15, 0.2) is 12.1 Å². The molecule has 0 aliphatic heterocycles. The SMILES string of the molecule is CCN(CC)CCOc1cc(CCl)cc(C)n1. The molecule has 0 saturated heterocycles. The van der Waals surface area contributed by atoms with E-state index in [1.165, 1.54) is 0 Å². The van der Waals surface area contributed by atoms with Crippen LogP contribution >= 0.6 is 11.6 Å². The van der Waals surface area contributed by atoms with E-state index in [0.29, 0.717) is 18.4 Å². The molecule has 0 radical (unpaired) electrons. The Morgan fingerprint density at radius 1 is 1.29 bits per heavy atom. The summed E-state index contributed by atoms with van der Waals surface area (Å²) in [5.74, 6) is 1.17. The Hall–Kier alpha value is -0.800. The number of likely N-dealkylation sites (N-methyl/N-ethyl adjacent to an activating group) is 1. The highest BCUT2D eigenvalue weighted by molar-refractivity contribution is 6.17. The van der Waals surface area contributed by atoms with Gasteiger partial charge in [0, 0.05) is 24.2 Å². The van der Waals surface area contributed by atoms with Crippen molar-refractivity contribution in [1.82, 2.24) is 9.88 Å². The van der Waals surface area contributed by atoms with Gasteiger partial charge < -0.3 is 9.64 Å². The Morgan fingerprint density at radius 2 is 2.00 bits per heavy atom. The van der Waals surface area contributed by atoms with Crippen LogP contribution in [-0.2, 0) is 5.88 Å². The van der Waals surface area contributed by atoms with Crippen LogP contribution in [0, 0.1) is 6.92 Å². The Balaban J connectivity index is 2.48. The van der Waals surface area contributed by atoms with Crippen molar-refractivity contribution in [2.24, 2.45) is 0 Å². The zero-order valence-corrected chi connectivity index (χ0v) is 11.6. The first kappa shape index (κ1) is 14.3. The summed E-state index contributed by atoms with van der Waals surface area (Å²) in [5.41, 5.74) is 2.00. The fourth-order valence-electron chi connectivity index (χ4n) is 1.68. The first-order chi connectivity index (χ1) is 8.19. The van der Waals surface area contributed by atoms with Gasteiger partial charge in [-0.1, -0.05) is 13.8 Å². The average Bonchev–Trinajstić information content (AvgIpc) is 2.34.